The molecule has 2 aromatic heterocycles. The standard InChI is InChI=1S/C21H23N5O4S/c27-19(22-15-5-6-17-18(12-15)30-11-10-29-17)14-31-21-24-23-20(25-7-1-2-8-25)26(21)13-16-4-3-9-28-16/h3-6,9,12H,1-2,7-8,10-11,13-14H2,(H,22,27). The monoisotopic (exact) mass is 441 g/mol. The molecule has 2 aliphatic heterocycles. The quantitative estimate of drug-likeness (QED) is 0.559. The van der Waals surface area contributed by atoms with Gasteiger partial charge >= 0.3 is 0 Å². The molecule has 4 heterocycles. The molecule has 0 atom stereocenters. The molecule has 162 valence electrons. The van der Waals surface area contributed by atoms with Crippen LogP contribution in [0.3, 0.4) is 0 Å². The van der Waals surface area contributed by atoms with Crippen molar-refractivity contribution in [3.05, 3.63) is 42.4 Å². The summed E-state index contributed by atoms with van der Waals surface area (Å²) in [6, 6.07) is 9.18. The first-order valence-electron chi connectivity index (χ1n) is 10.3. The van der Waals surface area contributed by atoms with E-state index in [0.29, 0.717) is 42.1 Å². The van der Waals surface area contributed by atoms with E-state index < -0.39 is 0 Å². The summed E-state index contributed by atoms with van der Waals surface area (Å²) >= 11 is 1.36. The Balaban J connectivity index is 1.26. The lowest BCUT2D eigenvalue weighted by Crippen LogP contribution is -2.23. The number of hydrogen-bond donors (Lipinski definition) is 1. The zero-order valence-corrected chi connectivity index (χ0v) is 17.8. The average Bonchev–Trinajstić information content (AvgIpc) is 3.55. The third-order valence-electron chi connectivity index (χ3n) is 5.14. The number of carbonyl (C=O) groups is 1. The molecule has 1 N–H and O–H groups in total. The summed E-state index contributed by atoms with van der Waals surface area (Å²) in [5.74, 6) is 3.07. The van der Waals surface area contributed by atoms with E-state index in [-0.39, 0.29) is 11.7 Å². The summed E-state index contributed by atoms with van der Waals surface area (Å²) in [5.41, 5.74) is 0.671. The third kappa shape index (κ3) is 4.48. The zero-order valence-electron chi connectivity index (χ0n) is 17.0. The van der Waals surface area contributed by atoms with Crippen LogP contribution in [-0.2, 0) is 11.3 Å². The lowest BCUT2D eigenvalue weighted by atomic mass is 10.2. The lowest BCUT2D eigenvalue weighted by molar-refractivity contribution is -0.113. The number of fused-ring (bicyclic) bond motifs is 1. The molecule has 31 heavy (non-hydrogen) atoms. The maximum atomic E-state index is 12.6. The van der Waals surface area contributed by atoms with Gasteiger partial charge in [0, 0.05) is 24.8 Å². The molecule has 2 aliphatic rings. The summed E-state index contributed by atoms with van der Waals surface area (Å²) < 4.78 is 18.6. The van der Waals surface area contributed by atoms with Crippen molar-refractivity contribution in [1.82, 2.24) is 14.8 Å². The predicted octanol–water partition coefficient (Wildman–Crippen LogP) is 3.02. The number of ether oxygens (including phenoxy) is 2. The van der Waals surface area contributed by atoms with Crippen LogP contribution < -0.4 is 19.7 Å². The summed E-state index contributed by atoms with van der Waals surface area (Å²) in [6.07, 6.45) is 3.95. The molecule has 1 fully saturated rings. The first-order chi connectivity index (χ1) is 15.3. The van der Waals surface area contributed by atoms with Crippen LogP contribution in [-0.4, -0.2) is 52.7 Å². The third-order valence-corrected chi connectivity index (χ3v) is 6.11. The number of anilines is 2. The number of aromatic nitrogens is 3. The fourth-order valence-electron chi connectivity index (χ4n) is 3.68. The molecule has 10 heteroatoms. The molecular formula is C21H23N5O4S. The van der Waals surface area contributed by atoms with E-state index in [1.807, 2.05) is 16.7 Å². The van der Waals surface area contributed by atoms with Crippen LogP contribution in [0.2, 0.25) is 0 Å². The van der Waals surface area contributed by atoms with E-state index in [4.69, 9.17) is 13.9 Å². The maximum Gasteiger partial charge on any atom is 0.234 e. The van der Waals surface area contributed by atoms with E-state index in [2.05, 4.69) is 20.4 Å². The molecule has 5 rings (SSSR count). The number of rotatable bonds is 7. The first-order valence-corrected chi connectivity index (χ1v) is 11.3. The van der Waals surface area contributed by atoms with Crippen LogP contribution in [0.4, 0.5) is 11.6 Å². The Morgan fingerprint density at radius 1 is 1.10 bits per heavy atom. The summed E-state index contributed by atoms with van der Waals surface area (Å²) in [4.78, 5) is 14.8. The predicted molar refractivity (Wildman–Crippen MR) is 116 cm³/mol. The average molecular weight is 442 g/mol. The summed E-state index contributed by atoms with van der Waals surface area (Å²) in [7, 11) is 0. The van der Waals surface area contributed by atoms with Gasteiger partial charge in [0.1, 0.15) is 19.0 Å². The van der Waals surface area contributed by atoms with Crippen LogP contribution in [0.5, 0.6) is 11.5 Å². The van der Waals surface area contributed by atoms with Gasteiger partial charge in [-0.2, -0.15) is 0 Å². The Labute approximate surface area is 183 Å². The first kappa shape index (κ1) is 19.8. The molecule has 9 nitrogen and oxygen atoms in total. The van der Waals surface area contributed by atoms with E-state index in [0.717, 1.165) is 37.6 Å². The molecular weight excluding hydrogens is 418 g/mol. The topological polar surface area (TPSA) is 94.7 Å². The van der Waals surface area contributed by atoms with Crippen molar-refractivity contribution in [2.75, 3.05) is 42.3 Å². The summed E-state index contributed by atoms with van der Waals surface area (Å²) in [5, 5.41) is 12.4. The minimum atomic E-state index is -0.128. The smallest absolute Gasteiger partial charge is 0.234 e. The van der Waals surface area contributed by atoms with E-state index >= 15 is 0 Å². The van der Waals surface area contributed by atoms with Gasteiger partial charge in [-0.15, -0.1) is 10.2 Å². The van der Waals surface area contributed by atoms with Gasteiger partial charge in [0.25, 0.3) is 0 Å². The number of furan rings is 1. The Bertz CT molecular complexity index is 1050. The molecule has 0 bridgehead atoms. The number of amides is 1. The minimum Gasteiger partial charge on any atom is -0.486 e. The highest BCUT2D eigenvalue weighted by molar-refractivity contribution is 7.99. The highest BCUT2D eigenvalue weighted by Crippen LogP contribution is 2.33. The lowest BCUT2D eigenvalue weighted by Gasteiger charge is -2.19. The van der Waals surface area contributed by atoms with Crippen molar-refractivity contribution >= 4 is 29.3 Å². The Morgan fingerprint density at radius 3 is 2.74 bits per heavy atom. The van der Waals surface area contributed by atoms with Crippen molar-refractivity contribution in [3.63, 3.8) is 0 Å². The van der Waals surface area contributed by atoms with Crippen LogP contribution >= 0.6 is 11.8 Å². The van der Waals surface area contributed by atoms with Crippen LogP contribution in [0.1, 0.15) is 18.6 Å². The molecule has 0 aliphatic carbocycles. The SMILES string of the molecule is O=C(CSc1nnc(N2CCCC2)n1Cc1ccco1)Nc1ccc2c(c1)OCCO2. The fraction of sp³-hybridized carbons (Fsp3) is 0.381. The van der Waals surface area contributed by atoms with Gasteiger partial charge in [0.05, 0.1) is 18.6 Å². The largest absolute Gasteiger partial charge is 0.486 e. The molecule has 0 radical (unpaired) electrons. The molecule has 1 saturated heterocycles. The zero-order chi connectivity index (χ0) is 21.0. The van der Waals surface area contributed by atoms with Crippen LogP contribution in [0, 0.1) is 0 Å². The van der Waals surface area contributed by atoms with Crippen molar-refractivity contribution in [1.29, 1.82) is 0 Å². The van der Waals surface area contributed by atoms with Crippen LogP contribution in [0.25, 0.3) is 0 Å². The second kappa shape index (κ2) is 8.93. The molecule has 0 spiro atoms. The molecule has 3 aromatic rings. The highest BCUT2D eigenvalue weighted by atomic mass is 32.2. The van der Waals surface area contributed by atoms with Gasteiger partial charge in [-0.3, -0.25) is 9.36 Å². The van der Waals surface area contributed by atoms with Gasteiger partial charge in [-0.25, -0.2) is 0 Å². The number of carbonyl (C=O) groups excluding carboxylic acids is 1. The molecule has 0 unspecified atom stereocenters. The number of hydrogen-bond acceptors (Lipinski definition) is 8. The van der Waals surface area contributed by atoms with Crippen LogP contribution in [0.15, 0.2) is 46.2 Å². The Kier molecular flexibility index (Phi) is 5.70. The van der Waals surface area contributed by atoms with Gasteiger partial charge in [-0.05, 0) is 37.1 Å². The number of nitrogens with one attached hydrogen (secondary N) is 1. The van der Waals surface area contributed by atoms with Crippen molar-refractivity contribution < 1.29 is 18.7 Å². The van der Waals surface area contributed by atoms with E-state index in [1.54, 1.807) is 24.5 Å². The Morgan fingerprint density at radius 2 is 1.94 bits per heavy atom. The van der Waals surface area contributed by atoms with Gasteiger partial charge in [0.2, 0.25) is 11.9 Å². The Hall–Kier alpha value is -3.14. The fourth-order valence-corrected chi connectivity index (χ4v) is 4.42. The minimum absolute atomic E-state index is 0.128. The van der Waals surface area contributed by atoms with Crippen molar-refractivity contribution in [2.45, 2.75) is 24.5 Å². The molecule has 1 amide bonds. The van der Waals surface area contributed by atoms with Gasteiger partial charge < -0.3 is 24.1 Å². The van der Waals surface area contributed by atoms with Gasteiger partial charge in [0.15, 0.2) is 16.7 Å². The van der Waals surface area contributed by atoms with E-state index in [9.17, 15) is 4.79 Å². The normalized spacial score (nSPS) is 15.3. The maximum absolute atomic E-state index is 12.6. The summed E-state index contributed by atoms with van der Waals surface area (Å²) in [6.45, 7) is 3.49. The van der Waals surface area contributed by atoms with Crippen molar-refractivity contribution in [2.24, 2.45) is 0 Å². The van der Waals surface area contributed by atoms with Crippen molar-refractivity contribution in [3.8, 4) is 11.5 Å². The van der Waals surface area contributed by atoms with E-state index in [1.165, 1.54) is 11.8 Å². The van der Waals surface area contributed by atoms with Gasteiger partial charge in [-0.1, -0.05) is 11.8 Å². The molecule has 1 aromatic carbocycles. The number of thioether (sulfide) groups is 1. The second-order valence-electron chi connectivity index (χ2n) is 7.34. The number of benzene rings is 1. The molecule has 0 saturated carbocycles. The highest BCUT2D eigenvalue weighted by Gasteiger charge is 2.22. The second-order valence-corrected chi connectivity index (χ2v) is 8.28. The number of nitrogens with zero attached hydrogens (tertiary/aromatic N) is 4.